The van der Waals surface area contributed by atoms with Crippen molar-refractivity contribution in [2.75, 3.05) is 42.9 Å². The molecule has 6 nitrogen and oxygen atoms in total. The van der Waals surface area contributed by atoms with Crippen molar-refractivity contribution in [2.24, 2.45) is 0 Å². The zero-order chi connectivity index (χ0) is 14.7. The van der Waals surface area contributed by atoms with Gasteiger partial charge in [-0.15, -0.1) is 0 Å². The number of hydrogen-bond donors (Lipinski definition) is 1. The fourth-order valence-electron chi connectivity index (χ4n) is 3.03. The second-order valence-electron chi connectivity index (χ2n) is 5.90. The van der Waals surface area contributed by atoms with E-state index in [4.69, 9.17) is 11.6 Å². The topological polar surface area (TPSA) is 57.2 Å². The Labute approximate surface area is 130 Å². The van der Waals surface area contributed by atoms with Crippen molar-refractivity contribution < 1.29 is 0 Å². The summed E-state index contributed by atoms with van der Waals surface area (Å²) in [5.74, 6) is 1.28. The predicted octanol–water partition coefficient (Wildman–Crippen LogP) is 2.02. The summed E-state index contributed by atoms with van der Waals surface area (Å²) >= 11 is 6.03. The highest BCUT2D eigenvalue weighted by Gasteiger charge is 2.19. The minimum Gasteiger partial charge on any atom is -0.352 e. The minimum atomic E-state index is 0.267. The largest absolute Gasteiger partial charge is 0.352 e. The predicted molar refractivity (Wildman–Crippen MR) is 85.0 cm³/mol. The third-order valence-electron chi connectivity index (χ3n) is 4.30. The lowest BCUT2D eigenvalue weighted by molar-refractivity contribution is 0.269. The van der Waals surface area contributed by atoms with Crippen molar-refractivity contribution in [1.29, 1.82) is 0 Å². The summed E-state index contributed by atoms with van der Waals surface area (Å²) < 4.78 is 0. The molecular formula is C14H23ClN6. The summed E-state index contributed by atoms with van der Waals surface area (Å²) in [7, 11) is 0. The van der Waals surface area contributed by atoms with Gasteiger partial charge in [0.2, 0.25) is 17.2 Å². The first-order valence-corrected chi connectivity index (χ1v) is 8.24. The molecule has 0 saturated carbocycles. The van der Waals surface area contributed by atoms with E-state index in [0.717, 1.165) is 19.6 Å². The van der Waals surface area contributed by atoms with Gasteiger partial charge in [-0.3, -0.25) is 4.90 Å². The molecule has 3 heterocycles. The van der Waals surface area contributed by atoms with E-state index >= 15 is 0 Å². The summed E-state index contributed by atoms with van der Waals surface area (Å²) in [5.41, 5.74) is 0. The zero-order valence-electron chi connectivity index (χ0n) is 12.6. The maximum absolute atomic E-state index is 6.03. The van der Waals surface area contributed by atoms with Gasteiger partial charge >= 0.3 is 0 Å². The lowest BCUT2D eigenvalue weighted by atomic mass is 10.3. The van der Waals surface area contributed by atoms with Crippen LogP contribution in [0.1, 0.15) is 32.6 Å². The van der Waals surface area contributed by atoms with E-state index in [1.807, 2.05) is 0 Å². The maximum atomic E-state index is 6.03. The zero-order valence-corrected chi connectivity index (χ0v) is 13.3. The van der Waals surface area contributed by atoms with E-state index in [1.165, 1.54) is 38.8 Å². The smallest absolute Gasteiger partial charge is 0.231 e. The fourth-order valence-corrected chi connectivity index (χ4v) is 3.18. The molecule has 21 heavy (non-hydrogen) atoms. The molecule has 0 aromatic carbocycles. The first kappa shape index (κ1) is 14.8. The van der Waals surface area contributed by atoms with Gasteiger partial charge in [0.25, 0.3) is 0 Å². The second kappa shape index (κ2) is 6.75. The molecular weight excluding hydrogens is 288 g/mol. The highest BCUT2D eigenvalue weighted by molar-refractivity contribution is 6.28. The van der Waals surface area contributed by atoms with Crippen LogP contribution >= 0.6 is 11.6 Å². The van der Waals surface area contributed by atoms with Gasteiger partial charge in [0.1, 0.15) is 0 Å². The highest BCUT2D eigenvalue weighted by Crippen LogP contribution is 2.19. The van der Waals surface area contributed by atoms with Gasteiger partial charge in [0, 0.05) is 25.7 Å². The Hall–Kier alpha value is -1.14. The van der Waals surface area contributed by atoms with Crippen molar-refractivity contribution in [3.63, 3.8) is 0 Å². The molecule has 1 aromatic rings. The van der Waals surface area contributed by atoms with Crippen LogP contribution in [0.5, 0.6) is 0 Å². The standard InChI is InChI=1S/C14H23ClN6/c1-11(20-6-2-3-7-20)10-16-13-17-12(15)18-14(19-13)21-8-4-5-9-21/h11H,2-10H2,1H3,(H,16,17,18,19). The Kier molecular flexibility index (Phi) is 4.75. The van der Waals surface area contributed by atoms with Crippen LogP contribution in [0.2, 0.25) is 5.28 Å². The van der Waals surface area contributed by atoms with Crippen molar-refractivity contribution in [2.45, 2.75) is 38.6 Å². The van der Waals surface area contributed by atoms with Crippen molar-refractivity contribution >= 4 is 23.5 Å². The molecule has 0 radical (unpaired) electrons. The molecule has 2 fully saturated rings. The number of anilines is 2. The Morgan fingerprint density at radius 2 is 1.71 bits per heavy atom. The molecule has 116 valence electrons. The molecule has 2 saturated heterocycles. The number of nitrogens with zero attached hydrogens (tertiary/aromatic N) is 5. The van der Waals surface area contributed by atoms with Crippen LogP contribution in [0.4, 0.5) is 11.9 Å². The van der Waals surface area contributed by atoms with E-state index < -0.39 is 0 Å². The molecule has 7 heteroatoms. The quantitative estimate of drug-likeness (QED) is 0.898. The number of aromatic nitrogens is 3. The average molecular weight is 311 g/mol. The van der Waals surface area contributed by atoms with E-state index in [2.05, 4.69) is 37.0 Å². The van der Waals surface area contributed by atoms with E-state index in [9.17, 15) is 0 Å². The first-order valence-electron chi connectivity index (χ1n) is 7.87. The first-order chi connectivity index (χ1) is 10.2. The Balaban J connectivity index is 1.61. The van der Waals surface area contributed by atoms with Gasteiger partial charge in [-0.1, -0.05) is 0 Å². The van der Waals surface area contributed by atoms with Crippen molar-refractivity contribution in [1.82, 2.24) is 19.9 Å². The van der Waals surface area contributed by atoms with Gasteiger partial charge in [-0.2, -0.15) is 15.0 Å². The summed E-state index contributed by atoms with van der Waals surface area (Å²) in [6.07, 6.45) is 5.00. The second-order valence-corrected chi connectivity index (χ2v) is 6.23. The highest BCUT2D eigenvalue weighted by atomic mass is 35.5. The molecule has 1 atom stereocenters. The van der Waals surface area contributed by atoms with Gasteiger partial charge in [-0.25, -0.2) is 0 Å². The molecule has 1 N–H and O–H groups in total. The lowest BCUT2D eigenvalue weighted by Gasteiger charge is -2.24. The van der Waals surface area contributed by atoms with Crippen LogP contribution < -0.4 is 10.2 Å². The van der Waals surface area contributed by atoms with E-state index in [1.54, 1.807) is 0 Å². The number of rotatable bonds is 5. The number of hydrogen-bond acceptors (Lipinski definition) is 6. The Bertz CT molecular complexity index is 471. The van der Waals surface area contributed by atoms with Crippen LogP contribution in [-0.4, -0.2) is 58.6 Å². The summed E-state index contributed by atoms with van der Waals surface area (Å²) in [4.78, 5) is 17.6. The number of nitrogens with one attached hydrogen (secondary N) is 1. The molecule has 0 aliphatic carbocycles. The molecule has 1 aromatic heterocycles. The third-order valence-corrected chi connectivity index (χ3v) is 4.47. The molecule has 1 unspecified atom stereocenters. The van der Waals surface area contributed by atoms with Crippen LogP contribution in [0.15, 0.2) is 0 Å². The average Bonchev–Trinajstić information content (AvgIpc) is 3.16. The normalized spacial score (nSPS) is 21.0. The van der Waals surface area contributed by atoms with Crippen LogP contribution in [-0.2, 0) is 0 Å². The summed E-state index contributed by atoms with van der Waals surface area (Å²) in [6, 6.07) is 0.485. The SMILES string of the molecule is CC(CNc1nc(Cl)nc(N2CCCC2)n1)N1CCCC1. The summed E-state index contributed by atoms with van der Waals surface area (Å²) in [5, 5.41) is 3.58. The molecule has 2 aliphatic heterocycles. The molecule has 0 spiro atoms. The van der Waals surface area contributed by atoms with E-state index in [0.29, 0.717) is 17.9 Å². The number of halogens is 1. The van der Waals surface area contributed by atoms with Crippen LogP contribution in [0.25, 0.3) is 0 Å². The van der Waals surface area contributed by atoms with Crippen molar-refractivity contribution in [3.8, 4) is 0 Å². The van der Waals surface area contributed by atoms with Gasteiger partial charge in [-0.05, 0) is 57.3 Å². The molecule has 0 amide bonds. The van der Waals surface area contributed by atoms with Crippen LogP contribution in [0, 0.1) is 0 Å². The number of likely N-dealkylation sites (tertiary alicyclic amines) is 1. The molecule has 2 aliphatic rings. The maximum Gasteiger partial charge on any atom is 0.231 e. The fraction of sp³-hybridized carbons (Fsp3) is 0.786. The van der Waals surface area contributed by atoms with Crippen molar-refractivity contribution in [3.05, 3.63) is 5.28 Å². The van der Waals surface area contributed by atoms with Gasteiger partial charge in [0.05, 0.1) is 0 Å². The third kappa shape index (κ3) is 3.74. The molecule has 3 rings (SSSR count). The minimum absolute atomic E-state index is 0.267. The van der Waals surface area contributed by atoms with E-state index in [-0.39, 0.29) is 5.28 Å². The Morgan fingerprint density at radius 3 is 2.43 bits per heavy atom. The monoisotopic (exact) mass is 310 g/mol. The summed E-state index contributed by atoms with van der Waals surface area (Å²) in [6.45, 7) is 7.47. The Morgan fingerprint density at radius 1 is 1.05 bits per heavy atom. The molecule has 0 bridgehead atoms. The van der Waals surface area contributed by atoms with Gasteiger partial charge < -0.3 is 10.2 Å². The van der Waals surface area contributed by atoms with Crippen LogP contribution in [0.3, 0.4) is 0 Å². The lowest BCUT2D eigenvalue weighted by Crippen LogP contribution is -2.36. The van der Waals surface area contributed by atoms with Gasteiger partial charge in [0.15, 0.2) is 0 Å².